The molecule has 22 heavy (non-hydrogen) atoms. The molecule has 0 aromatic heterocycles. The summed E-state index contributed by atoms with van der Waals surface area (Å²) in [5, 5.41) is 10.2. The first-order valence-electron chi connectivity index (χ1n) is 7.35. The van der Waals surface area contributed by atoms with E-state index in [0.717, 1.165) is 16.8 Å². The standard InChI is InChI=1S/C18H19NO3/c1-12-5-3-4-6-14(12)18(21)19-10-9-17(20)15-11-13(22-2)7-8-16(15)19/h3-8,11,17,20H,9-10H2,1-2H3. The minimum Gasteiger partial charge on any atom is -0.497 e. The number of carbonyl (C=O) groups is 1. The molecule has 3 rings (SSSR count). The summed E-state index contributed by atoms with van der Waals surface area (Å²) in [5.41, 5.74) is 3.15. The number of hydrogen-bond acceptors (Lipinski definition) is 3. The molecule has 1 aliphatic rings. The van der Waals surface area contributed by atoms with Crippen LogP contribution in [-0.2, 0) is 0 Å². The van der Waals surface area contributed by atoms with Crippen LogP contribution in [0.15, 0.2) is 42.5 Å². The van der Waals surface area contributed by atoms with Gasteiger partial charge in [0.2, 0.25) is 0 Å². The van der Waals surface area contributed by atoms with Crippen molar-refractivity contribution in [2.45, 2.75) is 19.4 Å². The summed E-state index contributed by atoms with van der Waals surface area (Å²) in [5.74, 6) is 0.652. The van der Waals surface area contributed by atoms with E-state index in [4.69, 9.17) is 4.74 Å². The highest BCUT2D eigenvalue weighted by Gasteiger charge is 2.29. The number of anilines is 1. The smallest absolute Gasteiger partial charge is 0.258 e. The van der Waals surface area contributed by atoms with Crippen molar-refractivity contribution in [3.8, 4) is 5.75 Å². The number of aryl methyl sites for hydroxylation is 1. The molecule has 1 aliphatic heterocycles. The van der Waals surface area contributed by atoms with Crippen molar-refractivity contribution < 1.29 is 14.6 Å². The van der Waals surface area contributed by atoms with Crippen molar-refractivity contribution in [2.75, 3.05) is 18.6 Å². The summed E-state index contributed by atoms with van der Waals surface area (Å²) in [6, 6.07) is 13.0. The van der Waals surface area contributed by atoms with E-state index in [1.165, 1.54) is 0 Å². The Morgan fingerprint density at radius 2 is 2.05 bits per heavy atom. The van der Waals surface area contributed by atoms with E-state index < -0.39 is 6.10 Å². The normalized spacial score (nSPS) is 17.0. The molecule has 1 amide bonds. The molecule has 0 bridgehead atoms. The van der Waals surface area contributed by atoms with Crippen LogP contribution in [-0.4, -0.2) is 24.7 Å². The van der Waals surface area contributed by atoms with Gasteiger partial charge in [-0.25, -0.2) is 0 Å². The Balaban J connectivity index is 2.02. The predicted molar refractivity (Wildman–Crippen MR) is 85.4 cm³/mol. The second-order valence-corrected chi connectivity index (χ2v) is 5.50. The van der Waals surface area contributed by atoms with Gasteiger partial charge in [0.05, 0.1) is 18.9 Å². The molecule has 0 radical (unpaired) electrons. The monoisotopic (exact) mass is 297 g/mol. The highest BCUT2D eigenvalue weighted by atomic mass is 16.5. The summed E-state index contributed by atoms with van der Waals surface area (Å²) in [6.45, 7) is 2.44. The van der Waals surface area contributed by atoms with Gasteiger partial charge in [-0.2, -0.15) is 0 Å². The lowest BCUT2D eigenvalue weighted by molar-refractivity contribution is 0.0970. The van der Waals surface area contributed by atoms with E-state index in [-0.39, 0.29) is 5.91 Å². The molecule has 0 aliphatic carbocycles. The number of benzene rings is 2. The Morgan fingerprint density at radius 3 is 2.77 bits per heavy atom. The molecule has 0 fully saturated rings. The maximum atomic E-state index is 12.9. The van der Waals surface area contributed by atoms with E-state index in [9.17, 15) is 9.90 Å². The molecule has 1 atom stereocenters. The Labute approximate surface area is 130 Å². The molecule has 0 saturated heterocycles. The number of ether oxygens (including phenoxy) is 1. The first-order valence-corrected chi connectivity index (χ1v) is 7.35. The van der Waals surface area contributed by atoms with Gasteiger partial charge in [-0.1, -0.05) is 18.2 Å². The second kappa shape index (κ2) is 5.81. The molecule has 114 valence electrons. The molecule has 2 aromatic rings. The van der Waals surface area contributed by atoms with E-state index in [1.54, 1.807) is 18.1 Å². The average Bonchev–Trinajstić information content (AvgIpc) is 2.55. The molecule has 1 heterocycles. The van der Waals surface area contributed by atoms with E-state index >= 15 is 0 Å². The van der Waals surface area contributed by atoms with Gasteiger partial charge < -0.3 is 14.7 Å². The van der Waals surface area contributed by atoms with Crippen LogP contribution in [0.3, 0.4) is 0 Å². The number of aliphatic hydroxyl groups is 1. The van der Waals surface area contributed by atoms with E-state index in [0.29, 0.717) is 24.3 Å². The molecule has 1 N–H and O–H groups in total. The summed E-state index contributed by atoms with van der Waals surface area (Å²) in [6.07, 6.45) is -0.0383. The summed E-state index contributed by atoms with van der Waals surface area (Å²) < 4.78 is 5.21. The largest absolute Gasteiger partial charge is 0.497 e. The summed E-state index contributed by atoms with van der Waals surface area (Å²) >= 11 is 0. The Kier molecular flexibility index (Phi) is 3.86. The number of methoxy groups -OCH3 is 1. The van der Waals surface area contributed by atoms with Gasteiger partial charge in [0.15, 0.2) is 0 Å². The minimum absolute atomic E-state index is 0.0311. The molecule has 4 nitrogen and oxygen atoms in total. The number of fused-ring (bicyclic) bond motifs is 1. The lowest BCUT2D eigenvalue weighted by Gasteiger charge is -2.32. The van der Waals surface area contributed by atoms with Crippen LogP contribution in [0, 0.1) is 6.92 Å². The van der Waals surface area contributed by atoms with Gasteiger partial charge in [-0.3, -0.25) is 4.79 Å². The van der Waals surface area contributed by atoms with Crippen LogP contribution in [0.2, 0.25) is 0 Å². The maximum absolute atomic E-state index is 12.9. The van der Waals surface area contributed by atoms with Crippen molar-refractivity contribution in [2.24, 2.45) is 0 Å². The molecular weight excluding hydrogens is 278 g/mol. The van der Waals surface area contributed by atoms with Gasteiger partial charge in [0.1, 0.15) is 5.75 Å². The summed E-state index contributed by atoms with van der Waals surface area (Å²) in [7, 11) is 1.59. The van der Waals surface area contributed by atoms with Crippen molar-refractivity contribution in [1.82, 2.24) is 0 Å². The Morgan fingerprint density at radius 1 is 1.27 bits per heavy atom. The highest BCUT2D eigenvalue weighted by molar-refractivity contribution is 6.07. The van der Waals surface area contributed by atoms with Crippen molar-refractivity contribution in [3.05, 3.63) is 59.2 Å². The lowest BCUT2D eigenvalue weighted by atomic mass is 9.97. The highest BCUT2D eigenvalue weighted by Crippen LogP contribution is 2.37. The quantitative estimate of drug-likeness (QED) is 0.926. The van der Waals surface area contributed by atoms with Crippen LogP contribution < -0.4 is 9.64 Å². The SMILES string of the molecule is COc1ccc2c(c1)C(O)CCN2C(=O)c1ccccc1C. The fourth-order valence-electron chi connectivity index (χ4n) is 2.87. The molecule has 1 unspecified atom stereocenters. The van der Waals surface area contributed by atoms with Crippen LogP contribution in [0.25, 0.3) is 0 Å². The van der Waals surface area contributed by atoms with Crippen molar-refractivity contribution in [1.29, 1.82) is 0 Å². The predicted octanol–water partition coefficient (Wildman–Crippen LogP) is 3.09. The van der Waals surface area contributed by atoms with Crippen molar-refractivity contribution in [3.63, 3.8) is 0 Å². The van der Waals surface area contributed by atoms with E-state index in [2.05, 4.69) is 0 Å². The third-order valence-corrected chi connectivity index (χ3v) is 4.13. The average molecular weight is 297 g/mol. The number of carbonyl (C=O) groups excluding carboxylic acids is 1. The number of amides is 1. The van der Waals surface area contributed by atoms with Crippen LogP contribution in [0.1, 0.15) is 34.0 Å². The second-order valence-electron chi connectivity index (χ2n) is 5.50. The zero-order chi connectivity index (χ0) is 15.7. The fourth-order valence-corrected chi connectivity index (χ4v) is 2.87. The van der Waals surface area contributed by atoms with Gasteiger partial charge in [0.25, 0.3) is 5.91 Å². The maximum Gasteiger partial charge on any atom is 0.258 e. The Hall–Kier alpha value is -2.33. The topological polar surface area (TPSA) is 49.8 Å². The number of rotatable bonds is 2. The zero-order valence-electron chi connectivity index (χ0n) is 12.7. The molecule has 2 aromatic carbocycles. The van der Waals surface area contributed by atoms with Crippen molar-refractivity contribution >= 4 is 11.6 Å². The third kappa shape index (κ3) is 2.46. The summed E-state index contributed by atoms with van der Waals surface area (Å²) in [4.78, 5) is 14.6. The molecule has 0 saturated carbocycles. The fraction of sp³-hybridized carbons (Fsp3) is 0.278. The van der Waals surface area contributed by atoms with Gasteiger partial charge >= 0.3 is 0 Å². The molecule has 4 heteroatoms. The van der Waals surface area contributed by atoms with Crippen LogP contribution in [0.5, 0.6) is 5.75 Å². The van der Waals surface area contributed by atoms with Gasteiger partial charge in [-0.15, -0.1) is 0 Å². The lowest BCUT2D eigenvalue weighted by Crippen LogP contribution is -2.37. The number of hydrogen-bond donors (Lipinski definition) is 1. The van der Waals surface area contributed by atoms with Gasteiger partial charge in [0, 0.05) is 17.7 Å². The molecular formula is C18H19NO3. The van der Waals surface area contributed by atoms with Crippen LogP contribution >= 0.6 is 0 Å². The first-order chi connectivity index (χ1) is 10.6. The Bertz CT molecular complexity index is 711. The number of aliphatic hydroxyl groups excluding tert-OH is 1. The minimum atomic E-state index is -0.564. The molecule has 0 spiro atoms. The third-order valence-electron chi connectivity index (χ3n) is 4.13. The number of nitrogens with zero attached hydrogens (tertiary/aromatic N) is 1. The van der Waals surface area contributed by atoms with Gasteiger partial charge in [-0.05, 0) is 43.2 Å². The zero-order valence-corrected chi connectivity index (χ0v) is 12.7. The first kappa shape index (κ1) is 14.6. The van der Waals surface area contributed by atoms with Crippen LogP contribution in [0.4, 0.5) is 5.69 Å². The van der Waals surface area contributed by atoms with E-state index in [1.807, 2.05) is 43.3 Å².